The molecular formula is C14H29O4P. The highest BCUT2D eigenvalue weighted by Gasteiger charge is 2.13. The van der Waals surface area contributed by atoms with E-state index >= 15 is 0 Å². The van der Waals surface area contributed by atoms with Crippen LogP contribution in [-0.2, 0) is 13.9 Å². The molecule has 0 amide bonds. The van der Waals surface area contributed by atoms with E-state index < -0.39 is 20.1 Å². The minimum absolute atomic E-state index is 0.0327. The fourth-order valence-electron chi connectivity index (χ4n) is 1.88. The maximum Gasteiger partial charge on any atom is 0.313 e. The molecule has 0 heterocycles. The number of hydrogen-bond acceptors (Lipinski definition) is 4. The number of aliphatic hydroxyl groups excluding tert-OH is 1. The lowest BCUT2D eigenvalue weighted by atomic mass is 10.1. The fraction of sp³-hybridized carbons (Fsp3) is 0.929. The Morgan fingerprint density at radius 1 is 1.11 bits per heavy atom. The normalized spacial score (nSPS) is 14.1. The van der Waals surface area contributed by atoms with Crippen molar-refractivity contribution in [1.29, 1.82) is 0 Å². The smallest absolute Gasteiger partial charge is 0.313 e. The molecule has 19 heavy (non-hydrogen) atoms. The van der Waals surface area contributed by atoms with Gasteiger partial charge in [0.25, 0.3) is 0 Å². The predicted octanol–water partition coefficient (Wildman–Crippen LogP) is 3.92. The highest BCUT2D eigenvalue weighted by atomic mass is 31.1. The summed E-state index contributed by atoms with van der Waals surface area (Å²) in [6.07, 6.45) is 8.06. The zero-order valence-corrected chi connectivity index (χ0v) is 13.3. The van der Waals surface area contributed by atoms with Crippen molar-refractivity contribution in [3.05, 3.63) is 0 Å². The van der Waals surface area contributed by atoms with Crippen LogP contribution in [0.4, 0.5) is 0 Å². The summed E-state index contributed by atoms with van der Waals surface area (Å²) in [4.78, 5) is 11.4. The number of carbonyl (C=O) groups is 1. The number of unbranched alkanes of at least 4 members (excludes halogenated alkanes) is 5. The van der Waals surface area contributed by atoms with Gasteiger partial charge in [0.2, 0.25) is 8.03 Å². The lowest BCUT2D eigenvalue weighted by Gasteiger charge is -2.10. The largest absolute Gasteiger partial charge is 0.414 e. The second-order valence-corrected chi connectivity index (χ2v) is 6.46. The molecule has 0 aromatic heterocycles. The maximum atomic E-state index is 11.4. The van der Waals surface area contributed by atoms with Crippen molar-refractivity contribution in [2.75, 3.05) is 6.16 Å². The van der Waals surface area contributed by atoms with Gasteiger partial charge < -0.3 is 9.63 Å². The van der Waals surface area contributed by atoms with E-state index in [4.69, 9.17) is 4.52 Å². The third-order valence-corrected chi connectivity index (χ3v) is 4.34. The quantitative estimate of drug-likeness (QED) is 0.437. The number of rotatable bonds is 12. The molecule has 0 saturated heterocycles. The van der Waals surface area contributed by atoms with Gasteiger partial charge in [0.05, 0.1) is 12.5 Å². The molecule has 0 aliphatic heterocycles. The van der Waals surface area contributed by atoms with Crippen LogP contribution in [0.2, 0.25) is 0 Å². The Bertz CT molecular complexity index is 256. The van der Waals surface area contributed by atoms with Gasteiger partial charge in [-0.3, -0.25) is 9.36 Å². The first-order valence-corrected chi connectivity index (χ1v) is 9.04. The first kappa shape index (κ1) is 18.7. The van der Waals surface area contributed by atoms with Crippen LogP contribution in [-0.4, -0.2) is 23.3 Å². The van der Waals surface area contributed by atoms with Crippen molar-refractivity contribution in [2.24, 2.45) is 0 Å². The molecular weight excluding hydrogens is 263 g/mol. The summed E-state index contributed by atoms with van der Waals surface area (Å²) >= 11 is 0. The summed E-state index contributed by atoms with van der Waals surface area (Å²) < 4.78 is 16.0. The van der Waals surface area contributed by atoms with E-state index in [-0.39, 0.29) is 6.42 Å². The van der Waals surface area contributed by atoms with Gasteiger partial charge >= 0.3 is 5.97 Å². The van der Waals surface area contributed by atoms with Crippen LogP contribution >= 0.6 is 8.03 Å². The van der Waals surface area contributed by atoms with E-state index in [0.29, 0.717) is 12.6 Å². The summed E-state index contributed by atoms with van der Waals surface area (Å²) in [6, 6.07) is 0. The molecule has 0 saturated carbocycles. The van der Waals surface area contributed by atoms with Gasteiger partial charge in [0.1, 0.15) is 0 Å². The van der Waals surface area contributed by atoms with Crippen molar-refractivity contribution in [3.63, 3.8) is 0 Å². The van der Waals surface area contributed by atoms with E-state index in [0.717, 1.165) is 19.3 Å². The average Bonchev–Trinajstić information content (AvgIpc) is 2.33. The zero-order chi connectivity index (χ0) is 14.5. The Hall–Kier alpha value is -0.340. The molecule has 2 unspecified atom stereocenters. The highest BCUT2D eigenvalue weighted by Crippen LogP contribution is 2.24. The van der Waals surface area contributed by atoms with Crippen molar-refractivity contribution < 1.29 is 19.0 Å². The van der Waals surface area contributed by atoms with Crippen LogP contribution in [0.3, 0.4) is 0 Å². The van der Waals surface area contributed by atoms with Crippen molar-refractivity contribution in [3.8, 4) is 0 Å². The van der Waals surface area contributed by atoms with Crippen LogP contribution in [0.5, 0.6) is 0 Å². The van der Waals surface area contributed by atoms with Crippen LogP contribution in [0.1, 0.15) is 71.6 Å². The van der Waals surface area contributed by atoms with Crippen LogP contribution < -0.4 is 0 Å². The third-order valence-electron chi connectivity index (χ3n) is 2.97. The Kier molecular flexibility index (Phi) is 12.5. The molecule has 0 aromatic carbocycles. The van der Waals surface area contributed by atoms with Crippen LogP contribution in [0.25, 0.3) is 0 Å². The Morgan fingerprint density at radius 2 is 1.74 bits per heavy atom. The van der Waals surface area contributed by atoms with Crippen molar-refractivity contribution in [2.45, 2.75) is 77.7 Å². The number of aliphatic hydroxyl groups is 1. The molecule has 114 valence electrons. The van der Waals surface area contributed by atoms with Crippen LogP contribution in [0.15, 0.2) is 0 Å². The van der Waals surface area contributed by atoms with Crippen molar-refractivity contribution in [1.82, 2.24) is 0 Å². The van der Waals surface area contributed by atoms with Gasteiger partial charge in [-0.1, -0.05) is 52.4 Å². The summed E-state index contributed by atoms with van der Waals surface area (Å²) in [5, 5.41) is 9.67. The molecule has 0 aliphatic rings. The van der Waals surface area contributed by atoms with Gasteiger partial charge in [-0.2, -0.15) is 0 Å². The summed E-state index contributed by atoms with van der Waals surface area (Å²) in [5.74, 6) is -0.532. The molecule has 0 spiro atoms. The lowest BCUT2D eigenvalue weighted by molar-refractivity contribution is -0.136. The molecule has 0 aromatic rings. The number of hydrogen-bond donors (Lipinski definition) is 1. The molecule has 0 fully saturated rings. The highest BCUT2D eigenvalue weighted by molar-refractivity contribution is 7.39. The van der Waals surface area contributed by atoms with Crippen LogP contribution in [0, 0.1) is 0 Å². The predicted molar refractivity (Wildman–Crippen MR) is 78.9 cm³/mol. The van der Waals surface area contributed by atoms with E-state index in [1.165, 1.54) is 25.7 Å². The molecule has 0 radical (unpaired) electrons. The molecule has 1 N–H and O–H groups in total. The molecule has 0 bridgehead atoms. The zero-order valence-electron chi connectivity index (χ0n) is 12.3. The fourth-order valence-corrected chi connectivity index (χ4v) is 2.73. The van der Waals surface area contributed by atoms with Crippen molar-refractivity contribution >= 4 is 14.0 Å². The standard InChI is InChI=1S/C14H29O4P/c1-3-5-6-7-8-9-10-13(15)12-14(16)18-19(17)11-4-2/h13,15,19H,3-12H2,1-2H3. The average molecular weight is 292 g/mol. The second-order valence-electron chi connectivity index (χ2n) is 5.01. The second kappa shape index (κ2) is 12.7. The summed E-state index contributed by atoms with van der Waals surface area (Å²) in [7, 11) is -2.23. The van der Waals surface area contributed by atoms with Gasteiger partial charge in [0, 0.05) is 6.16 Å². The molecule has 2 atom stereocenters. The first-order valence-electron chi connectivity index (χ1n) is 7.51. The van der Waals surface area contributed by atoms with E-state index in [9.17, 15) is 14.5 Å². The van der Waals surface area contributed by atoms with Gasteiger partial charge in [-0.05, 0) is 12.8 Å². The maximum absolute atomic E-state index is 11.4. The third kappa shape index (κ3) is 12.4. The first-order chi connectivity index (χ1) is 9.10. The minimum Gasteiger partial charge on any atom is -0.414 e. The van der Waals surface area contributed by atoms with E-state index in [1.54, 1.807) is 0 Å². The number of carbonyl (C=O) groups excluding carboxylic acids is 1. The molecule has 0 aliphatic carbocycles. The molecule has 4 nitrogen and oxygen atoms in total. The van der Waals surface area contributed by atoms with Gasteiger partial charge in [-0.25, -0.2) is 0 Å². The topological polar surface area (TPSA) is 63.6 Å². The Balaban J connectivity index is 3.54. The SMILES string of the molecule is CCCCCCCCC(O)CC(=O)O[PH](=O)CCC. The monoisotopic (exact) mass is 292 g/mol. The molecule has 5 heteroatoms. The summed E-state index contributed by atoms with van der Waals surface area (Å²) in [5.41, 5.74) is 0. The Labute approximate surface area is 117 Å². The Morgan fingerprint density at radius 3 is 2.37 bits per heavy atom. The lowest BCUT2D eigenvalue weighted by Crippen LogP contribution is -2.14. The summed E-state index contributed by atoms with van der Waals surface area (Å²) in [6.45, 7) is 4.07. The minimum atomic E-state index is -2.23. The van der Waals surface area contributed by atoms with Gasteiger partial charge in [-0.15, -0.1) is 0 Å². The van der Waals surface area contributed by atoms with Gasteiger partial charge in [0.15, 0.2) is 0 Å². The van der Waals surface area contributed by atoms with E-state index in [1.807, 2.05) is 6.92 Å². The molecule has 0 rings (SSSR count). The van der Waals surface area contributed by atoms with E-state index in [2.05, 4.69) is 6.92 Å².